The Kier molecular flexibility index (Phi) is 5.14. The average Bonchev–Trinajstić information content (AvgIpc) is 2.26. The first-order valence-corrected chi connectivity index (χ1v) is 6.56. The van der Waals surface area contributed by atoms with Gasteiger partial charge in [-0.3, -0.25) is 9.00 Å². The smallest absolute Gasteiger partial charge is 0.248 e. The number of hydrogen-bond donors (Lipinski definition) is 2. The van der Waals surface area contributed by atoms with Crippen LogP contribution in [0.4, 0.5) is 0 Å². The second-order valence-electron chi connectivity index (χ2n) is 3.50. The molecule has 4 N–H and O–H groups in total. The van der Waals surface area contributed by atoms with Crippen molar-refractivity contribution in [3.05, 3.63) is 35.4 Å². The Hall–Kier alpha value is -1.20. The molecular weight excluding hydrogens is 224 g/mol. The lowest BCUT2D eigenvalue weighted by molar-refractivity contribution is 0.1000. The maximum absolute atomic E-state index is 11.6. The van der Waals surface area contributed by atoms with Gasteiger partial charge in [0.25, 0.3) is 0 Å². The van der Waals surface area contributed by atoms with Crippen LogP contribution in [0.3, 0.4) is 0 Å². The highest BCUT2D eigenvalue weighted by Crippen LogP contribution is 2.07. The average molecular weight is 240 g/mol. The number of rotatable bonds is 6. The van der Waals surface area contributed by atoms with Crippen LogP contribution in [0.15, 0.2) is 24.3 Å². The number of amides is 1. The second-order valence-corrected chi connectivity index (χ2v) is 5.07. The molecule has 1 amide bonds. The molecule has 0 fully saturated rings. The standard InChI is InChI=1S/C11H16N2O2S/c12-5-2-6-16(15)8-9-3-1-4-10(7-9)11(13)14/h1,3-4,7H,2,5-6,8,12H2,(H2,13,14). The van der Waals surface area contributed by atoms with Crippen LogP contribution in [0.2, 0.25) is 0 Å². The summed E-state index contributed by atoms with van der Waals surface area (Å²) in [5, 5.41) is 0. The number of nitrogens with two attached hydrogens (primary N) is 2. The van der Waals surface area contributed by atoms with Crippen molar-refractivity contribution in [2.45, 2.75) is 12.2 Å². The van der Waals surface area contributed by atoms with E-state index >= 15 is 0 Å². The highest BCUT2D eigenvalue weighted by molar-refractivity contribution is 7.84. The summed E-state index contributed by atoms with van der Waals surface area (Å²) >= 11 is 0. The van der Waals surface area contributed by atoms with Crippen LogP contribution in [0.25, 0.3) is 0 Å². The molecule has 1 unspecified atom stereocenters. The molecule has 16 heavy (non-hydrogen) atoms. The molecule has 0 saturated heterocycles. The third-order valence-electron chi connectivity index (χ3n) is 2.12. The molecule has 0 aliphatic carbocycles. The normalized spacial score (nSPS) is 12.3. The first kappa shape index (κ1) is 12.9. The maximum Gasteiger partial charge on any atom is 0.248 e. The molecule has 1 aromatic rings. The summed E-state index contributed by atoms with van der Waals surface area (Å²) in [6.45, 7) is 0.549. The van der Waals surface area contributed by atoms with Gasteiger partial charge in [0.2, 0.25) is 5.91 Å². The zero-order valence-corrected chi connectivity index (χ0v) is 9.83. The molecule has 0 aromatic heterocycles. The molecule has 88 valence electrons. The van der Waals surface area contributed by atoms with Crippen molar-refractivity contribution in [3.63, 3.8) is 0 Å². The Morgan fingerprint density at radius 1 is 1.38 bits per heavy atom. The number of primary amides is 1. The lowest BCUT2D eigenvalue weighted by Crippen LogP contribution is -2.12. The van der Waals surface area contributed by atoms with E-state index in [1.54, 1.807) is 18.2 Å². The van der Waals surface area contributed by atoms with E-state index < -0.39 is 16.7 Å². The van der Waals surface area contributed by atoms with E-state index in [1.807, 2.05) is 6.07 Å². The number of benzene rings is 1. The Morgan fingerprint density at radius 2 is 2.12 bits per heavy atom. The minimum absolute atomic E-state index is 0.446. The SMILES string of the molecule is NCCCS(=O)Cc1cccc(C(N)=O)c1. The Bertz CT molecular complexity index is 393. The molecule has 1 aromatic carbocycles. The lowest BCUT2D eigenvalue weighted by atomic mass is 10.1. The van der Waals surface area contributed by atoms with Gasteiger partial charge in [-0.2, -0.15) is 0 Å². The molecule has 1 atom stereocenters. The lowest BCUT2D eigenvalue weighted by Gasteiger charge is -2.03. The third kappa shape index (κ3) is 4.12. The van der Waals surface area contributed by atoms with Gasteiger partial charge in [-0.05, 0) is 30.7 Å². The number of carbonyl (C=O) groups is 1. The van der Waals surface area contributed by atoms with E-state index in [0.717, 1.165) is 12.0 Å². The van der Waals surface area contributed by atoms with Gasteiger partial charge < -0.3 is 11.5 Å². The molecule has 0 spiro atoms. The topological polar surface area (TPSA) is 86.2 Å². The third-order valence-corrected chi connectivity index (χ3v) is 3.51. The predicted octanol–water partition coefficient (Wildman–Crippen LogP) is 0.383. The number of carbonyl (C=O) groups excluding carboxylic acids is 1. The fourth-order valence-electron chi connectivity index (χ4n) is 1.32. The summed E-state index contributed by atoms with van der Waals surface area (Å²) in [4.78, 5) is 10.9. The maximum atomic E-state index is 11.6. The van der Waals surface area contributed by atoms with Crippen LogP contribution in [0.1, 0.15) is 22.3 Å². The fourth-order valence-corrected chi connectivity index (χ4v) is 2.50. The molecular formula is C11H16N2O2S. The van der Waals surface area contributed by atoms with Crippen LogP contribution in [0, 0.1) is 0 Å². The van der Waals surface area contributed by atoms with Crippen molar-refractivity contribution in [1.82, 2.24) is 0 Å². The highest BCUT2D eigenvalue weighted by Gasteiger charge is 2.04. The Balaban J connectivity index is 2.63. The quantitative estimate of drug-likeness (QED) is 0.753. The van der Waals surface area contributed by atoms with Gasteiger partial charge in [-0.25, -0.2) is 0 Å². The van der Waals surface area contributed by atoms with Crippen LogP contribution in [0.5, 0.6) is 0 Å². The predicted molar refractivity (Wildman–Crippen MR) is 65.3 cm³/mol. The zero-order valence-electron chi connectivity index (χ0n) is 9.02. The molecule has 1 rings (SSSR count). The Labute approximate surface area is 97.5 Å². The molecule has 5 heteroatoms. The zero-order chi connectivity index (χ0) is 12.0. The van der Waals surface area contributed by atoms with Crippen molar-refractivity contribution in [2.75, 3.05) is 12.3 Å². The van der Waals surface area contributed by atoms with Crippen LogP contribution in [-0.2, 0) is 16.6 Å². The highest BCUT2D eigenvalue weighted by atomic mass is 32.2. The van der Waals surface area contributed by atoms with Crippen LogP contribution in [-0.4, -0.2) is 22.4 Å². The largest absolute Gasteiger partial charge is 0.366 e. The first-order chi connectivity index (χ1) is 7.63. The summed E-state index contributed by atoms with van der Waals surface area (Å²) in [5.41, 5.74) is 11.8. The summed E-state index contributed by atoms with van der Waals surface area (Å²) in [6.07, 6.45) is 0.752. The van der Waals surface area contributed by atoms with Crippen LogP contribution >= 0.6 is 0 Å². The molecule has 4 nitrogen and oxygen atoms in total. The second kappa shape index (κ2) is 6.40. The Morgan fingerprint density at radius 3 is 2.75 bits per heavy atom. The van der Waals surface area contributed by atoms with Gasteiger partial charge >= 0.3 is 0 Å². The van der Waals surface area contributed by atoms with Gasteiger partial charge in [0, 0.05) is 27.9 Å². The van der Waals surface area contributed by atoms with Crippen molar-refractivity contribution in [2.24, 2.45) is 11.5 Å². The van der Waals surface area contributed by atoms with Gasteiger partial charge in [0.1, 0.15) is 0 Å². The molecule has 0 saturated carbocycles. The summed E-state index contributed by atoms with van der Waals surface area (Å²) < 4.78 is 11.6. The summed E-state index contributed by atoms with van der Waals surface area (Å²) in [5.74, 6) is 0.577. The fraction of sp³-hybridized carbons (Fsp3) is 0.364. The van der Waals surface area contributed by atoms with E-state index in [9.17, 15) is 9.00 Å². The molecule has 0 aliphatic rings. The monoisotopic (exact) mass is 240 g/mol. The molecule has 0 bridgehead atoms. The van der Waals surface area contributed by atoms with E-state index in [0.29, 0.717) is 23.6 Å². The van der Waals surface area contributed by atoms with E-state index in [4.69, 9.17) is 11.5 Å². The van der Waals surface area contributed by atoms with Gasteiger partial charge in [0.05, 0.1) is 0 Å². The minimum atomic E-state index is -0.924. The summed E-state index contributed by atoms with van der Waals surface area (Å²) in [6, 6.07) is 6.92. The molecule has 0 radical (unpaired) electrons. The van der Waals surface area contributed by atoms with Crippen molar-refractivity contribution in [1.29, 1.82) is 0 Å². The van der Waals surface area contributed by atoms with Crippen molar-refractivity contribution >= 4 is 16.7 Å². The van der Waals surface area contributed by atoms with E-state index in [2.05, 4.69) is 0 Å². The van der Waals surface area contributed by atoms with Gasteiger partial charge in [-0.15, -0.1) is 0 Å². The van der Waals surface area contributed by atoms with E-state index in [1.165, 1.54) is 0 Å². The minimum Gasteiger partial charge on any atom is -0.366 e. The summed E-state index contributed by atoms with van der Waals surface area (Å²) in [7, 11) is -0.924. The van der Waals surface area contributed by atoms with Gasteiger partial charge in [-0.1, -0.05) is 12.1 Å². The van der Waals surface area contributed by atoms with Crippen LogP contribution < -0.4 is 11.5 Å². The number of hydrogen-bond acceptors (Lipinski definition) is 3. The molecule has 0 heterocycles. The van der Waals surface area contributed by atoms with Gasteiger partial charge in [0.15, 0.2) is 0 Å². The van der Waals surface area contributed by atoms with E-state index in [-0.39, 0.29) is 0 Å². The van der Waals surface area contributed by atoms with Crippen molar-refractivity contribution in [3.8, 4) is 0 Å². The first-order valence-electron chi connectivity index (χ1n) is 5.07. The molecule has 0 aliphatic heterocycles. The van der Waals surface area contributed by atoms with Crippen molar-refractivity contribution < 1.29 is 9.00 Å².